The highest BCUT2D eigenvalue weighted by Gasteiger charge is 2.06. The molecule has 20 heavy (non-hydrogen) atoms. The molecule has 3 aromatic rings. The zero-order chi connectivity index (χ0) is 14.1. The van der Waals surface area contributed by atoms with Crippen LogP contribution in [0.3, 0.4) is 0 Å². The zero-order valence-corrected chi connectivity index (χ0v) is 11.1. The molecule has 0 atom stereocenters. The Morgan fingerprint density at radius 2 is 2.05 bits per heavy atom. The van der Waals surface area contributed by atoms with Gasteiger partial charge in [-0.25, -0.2) is 4.68 Å². The lowest BCUT2D eigenvalue weighted by molar-refractivity contribution is 0.642. The van der Waals surface area contributed by atoms with Crippen molar-refractivity contribution in [3.8, 4) is 0 Å². The molecule has 2 heterocycles. The van der Waals surface area contributed by atoms with Gasteiger partial charge in [-0.15, -0.1) is 0 Å². The lowest BCUT2D eigenvalue weighted by Crippen LogP contribution is -2.23. The van der Waals surface area contributed by atoms with Crippen LogP contribution in [0.1, 0.15) is 11.3 Å². The second-order valence-electron chi connectivity index (χ2n) is 4.72. The molecule has 2 aromatic heterocycles. The first-order valence-electron chi connectivity index (χ1n) is 6.31. The van der Waals surface area contributed by atoms with Gasteiger partial charge in [-0.3, -0.25) is 9.78 Å². The molecule has 0 aliphatic carbocycles. The van der Waals surface area contributed by atoms with E-state index in [1.807, 2.05) is 37.3 Å². The lowest BCUT2D eigenvalue weighted by Gasteiger charge is -2.09. The zero-order valence-electron chi connectivity index (χ0n) is 11.1. The van der Waals surface area contributed by atoms with Crippen LogP contribution in [0.25, 0.3) is 10.9 Å². The Kier molecular flexibility index (Phi) is 2.95. The van der Waals surface area contributed by atoms with Crippen molar-refractivity contribution in [2.45, 2.75) is 13.5 Å². The Labute approximate surface area is 115 Å². The van der Waals surface area contributed by atoms with Crippen molar-refractivity contribution in [3.63, 3.8) is 0 Å². The fourth-order valence-electron chi connectivity index (χ4n) is 2.25. The monoisotopic (exact) mass is 266 g/mol. The number of hydrogen-bond acceptors (Lipinski definition) is 4. The van der Waals surface area contributed by atoms with Crippen LogP contribution in [-0.4, -0.2) is 14.8 Å². The molecule has 1 aromatic carbocycles. The Morgan fingerprint density at radius 1 is 1.25 bits per heavy atom. The number of pyridine rings is 1. The molecule has 0 unspecified atom stereocenters. The number of fused-ring (bicyclic) bond motifs is 1. The number of nitrogens with zero attached hydrogens (tertiary/aromatic N) is 3. The van der Waals surface area contributed by atoms with Crippen molar-refractivity contribution < 1.29 is 0 Å². The second kappa shape index (κ2) is 4.77. The summed E-state index contributed by atoms with van der Waals surface area (Å²) in [6.07, 6.45) is 1.48. The van der Waals surface area contributed by atoms with E-state index in [9.17, 15) is 4.79 Å². The summed E-state index contributed by atoms with van der Waals surface area (Å²) in [4.78, 5) is 16.4. The summed E-state index contributed by atoms with van der Waals surface area (Å²) in [7, 11) is 0. The van der Waals surface area contributed by atoms with Crippen molar-refractivity contribution in [2.24, 2.45) is 0 Å². The maximum Gasteiger partial charge on any atom is 0.269 e. The van der Waals surface area contributed by atoms with Gasteiger partial charge in [0.1, 0.15) is 0 Å². The van der Waals surface area contributed by atoms with Gasteiger partial charge in [0.05, 0.1) is 23.9 Å². The van der Waals surface area contributed by atoms with Gasteiger partial charge < -0.3 is 5.73 Å². The number of para-hydroxylation sites is 1. The SMILES string of the molecule is Cc1cc(Cn2ncc(N)cc2=O)c2ccccc2n1. The predicted octanol–water partition coefficient (Wildman–Crippen LogP) is 1.73. The molecular formula is C15H14N4O. The fourth-order valence-corrected chi connectivity index (χ4v) is 2.25. The summed E-state index contributed by atoms with van der Waals surface area (Å²) in [5.41, 5.74) is 8.58. The summed E-state index contributed by atoms with van der Waals surface area (Å²) < 4.78 is 1.40. The van der Waals surface area contributed by atoms with E-state index in [0.29, 0.717) is 12.2 Å². The summed E-state index contributed by atoms with van der Waals surface area (Å²) >= 11 is 0. The third kappa shape index (κ3) is 2.25. The minimum Gasteiger partial charge on any atom is -0.397 e. The van der Waals surface area contributed by atoms with Crippen LogP contribution in [0, 0.1) is 6.92 Å². The summed E-state index contributed by atoms with van der Waals surface area (Å²) in [6.45, 7) is 2.35. The number of benzene rings is 1. The Balaban J connectivity index is 2.13. The molecule has 0 radical (unpaired) electrons. The van der Waals surface area contributed by atoms with Crippen molar-refractivity contribution in [3.05, 3.63) is 64.2 Å². The van der Waals surface area contributed by atoms with Gasteiger partial charge in [0, 0.05) is 17.1 Å². The smallest absolute Gasteiger partial charge is 0.269 e. The molecule has 0 aliphatic heterocycles. The molecular weight excluding hydrogens is 252 g/mol. The molecule has 2 N–H and O–H groups in total. The summed E-state index contributed by atoms with van der Waals surface area (Å²) in [5, 5.41) is 5.10. The van der Waals surface area contributed by atoms with Crippen LogP contribution in [0.15, 0.2) is 47.4 Å². The second-order valence-corrected chi connectivity index (χ2v) is 4.72. The van der Waals surface area contributed by atoms with E-state index in [1.54, 1.807) is 0 Å². The Morgan fingerprint density at radius 3 is 2.85 bits per heavy atom. The van der Waals surface area contributed by atoms with Crippen LogP contribution < -0.4 is 11.3 Å². The first kappa shape index (κ1) is 12.3. The Hall–Kier alpha value is -2.69. The minimum absolute atomic E-state index is 0.205. The average molecular weight is 266 g/mol. The molecule has 0 fully saturated rings. The largest absolute Gasteiger partial charge is 0.397 e. The van der Waals surface area contributed by atoms with E-state index in [2.05, 4.69) is 10.1 Å². The molecule has 5 nitrogen and oxygen atoms in total. The highest BCUT2D eigenvalue weighted by atomic mass is 16.1. The van der Waals surface area contributed by atoms with Crippen molar-refractivity contribution in [1.82, 2.24) is 14.8 Å². The van der Waals surface area contributed by atoms with Crippen molar-refractivity contribution in [2.75, 3.05) is 5.73 Å². The van der Waals surface area contributed by atoms with Gasteiger partial charge >= 0.3 is 0 Å². The van der Waals surface area contributed by atoms with Crippen LogP contribution in [0.5, 0.6) is 0 Å². The van der Waals surface area contributed by atoms with Crippen LogP contribution in [0.4, 0.5) is 5.69 Å². The summed E-state index contributed by atoms with van der Waals surface area (Å²) in [6, 6.07) is 11.2. The van der Waals surface area contributed by atoms with Gasteiger partial charge in [-0.1, -0.05) is 18.2 Å². The minimum atomic E-state index is -0.205. The molecule has 5 heteroatoms. The number of anilines is 1. The third-order valence-corrected chi connectivity index (χ3v) is 3.14. The molecule has 0 saturated carbocycles. The molecule has 0 amide bonds. The van der Waals surface area contributed by atoms with Gasteiger partial charge in [0.2, 0.25) is 0 Å². The lowest BCUT2D eigenvalue weighted by atomic mass is 10.1. The molecule has 0 aliphatic rings. The normalized spacial score (nSPS) is 10.8. The number of aryl methyl sites for hydroxylation is 1. The van der Waals surface area contributed by atoms with Gasteiger partial charge in [0.25, 0.3) is 5.56 Å². The average Bonchev–Trinajstić information content (AvgIpc) is 2.41. The first-order chi connectivity index (χ1) is 9.63. The standard InChI is InChI=1S/C15H14N4O/c1-10-6-11(13-4-2-3-5-14(13)18-10)9-19-15(20)7-12(16)8-17-19/h2-8H,9,16H2,1H3. The van der Waals surface area contributed by atoms with Crippen molar-refractivity contribution >= 4 is 16.6 Å². The molecule has 3 rings (SSSR count). The van der Waals surface area contributed by atoms with Gasteiger partial charge in [-0.05, 0) is 24.6 Å². The number of aromatic nitrogens is 3. The molecule has 0 saturated heterocycles. The quantitative estimate of drug-likeness (QED) is 0.766. The number of rotatable bonds is 2. The van der Waals surface area contributed by atoms with E-state index in [1.165, 1.54) is 16.9 Å². The molecule has 100 valence electrons. The van der Waals surface area contributed by atoms with E-state index >= 15 is 0 Å². The molecule has 0 spiro atoms. The number of nitrogen functional groups attached to an aromatic ring is 1. The fraction of sp³-hybridized carbons (Fsp3) is 0.133. The highest BCUT2D eigenvalue weighted by molar-refractivity contribution is 5.82. The highest BCUT2D eigenvalue weighted by Crippen LogP contribution is 2.18. The maximum absolute atomic E-state index is 11.9. The topological polar surface area (TPSA) is 73.8 Å². The summed E-state index contributed by atoms with van der Waals surface area (Å²) in [5.74, 6) is 0. The Bertz CT molecular complexity index is 839. The first-order valence-corrected chi connectivity index (χ1v) is 6.31. The van der Waals surface area contributed by atoms with Gasteiger partial charge in [-0.2, -0.15) is 5.10 Å². The van der Waals surface area contributed by atoms with Gasteiger partial charge in [0.15, 0.2) is 0 Å². The van der Waals surface area contributed by atoms with E-state index in [-0.39, 0.29) is 5.56 Å². The third-order valence-electron chi connectivity index (χ3n) is 3.14. The van der Waals surface area contributed by atoms with Crippen molar-refractivity contribution in [1.29, 1.82) is 0 Å². The van der Waals surface area contributed by atoms with Crippen LogP contribution in [0.2, 0.25) is 0 Å². The maximum atomic E-state index is 11.9. The number of hydrogen-bond donors (Lipinski definition) is 1. The van der Waals surface area contributed by atoms with Crippen LogP contribution >= 0.6 is 0 Å². The van der Waals surface area contributed by atoms with Crippen LogP contribution in [-0.2, 0) is 6.54 Å². The van der Waals surface area contributed by atoms with E-state index in [0.717, 1.165) is 22.2 Å². The van der Waals surface area contributed by atoms with E-state index in [4.69, 9.17) is 5.73 Å². The number of nitrogens with two attached hydrogens (primary N) is 1. The predicted molar refractivity (Wildman–Crippen MR) is 78.5 cm³/mol. The molecule has 0 bridgehead atoms. The van der Waals surface area contributed by atoms with E-state index < -0.39 is 0 Å².